The Balaban J connectivity index is 2.06. The Bertz CT molecular complexity index is 324. The quantitative estimate of drug-likeness (QED) is 0.769. The van der Waals surface area contributed by atoms with Gasteiger partial charge in [0.25, 0.3) is 0 Å². The van der Waals surface area contributed by atoms with Crippen LogP contribution in [0.2, 0.25) is 0 Å². The zero-order chi connectivity index (χ0) is 10.5. The van der Waals surface area contributed by atoms with E-state index in [9.17, 15) is 0 Å². The fourth-order valence-electron chi connectivity index (χ4n) is 2.01. The first kappa shape index (κ1) is 10.2. The molecule has 0 amide bonds. The number of piperidine rings is 1. The number of nitrogens with two attached hydrogens (primary N) is 1. The minimum atomic E-state index is 0.562. The Labute approximate surface area is 91.2 Å². The van der Waals surface area contributed by atoms with Gasteiger partial charge in [-0.3, -0.25) is 0 Å². The SMILES string of the molecule is NC(=Cc1ccccc1)C1CCNCC1. The molecule has 1 heterocycles. The van der Waals surface area contributed by atoms with E-state index in [4.69, 9.17) is 5.73 Å². The van der Waals surface area contributed by atoms with Crippen LogP contribution in [0.5, 0.6) is 0 Å². The number of hydrogen-bond donors (Lipinski definition) is 2. The van der Waals surface area contributed by atoms with Crippen molar-refractivity contribution in [2.45, 2.75) is 12.8 Å². The van der Waals surface area contributed by atoms with Gasteiger partial charge in [-0.2, -0.15) is 0 Å². The van der Waals surface area contributed by atoms with Crippen LogP contribution >= 0.6 is 0 Å². The molecule has 15 heavy (non-hydrogen) atoms. The molecule has 0 bridgehead atoms. The molecule has 1 aromatic rings. The predicted molar refractivity (Wildman–Crippen MR) is 64.2 cm³/mol. The van der Waals surface area contributed by atoms with Gasteiger partial charge in [-0.1, -0.05) is 30.3 Å². The Morgan fingerprint density at radius 2 is 1.87 bits per heavy atom. The summed E-state index contributed by atoms with van der Waals surface area (Å²) >= 11 is 0. The van der Waals surface area contributed by atoms with E-state index in [1.807, 2.05) is 18.2 Å². The van der Waals surface area contributed by atoms with Crippen LogP contribution in [0, 0.1) is 5.92 Å². The fourth-order valence-corrected chi connectivity index (χ4v) is 2.01. The minimum Gasteiger partial charge on any atom is -0.402 e. The maximum atomic E-state index is 6.11. The molecule has 0 aliphatic carbocycles. The first-order chi connectivity index (χ1) is 7.36. The van der Waals surface area contributed by atoms with Crippen LogP contribution in [0.1, 0.15) is 18.4 Å². The molecule has 2 rings (SSSR count). The molecule has 1 aliphatic heterocycles. The average molecular weight is 202 g/mol. The average Bonchev–Trinajstić information content (AvgIpc) is 2.31. The van der Waals surface area contributed by atoms with Gasteiger partial charge >= 0.3 is 0 Å². The molecule has 0 aromatic heterocycles. The molecule has 1 fully saturated rings. The first-order valence-electron chi connectivity index (χ1n) is 5.59. The number of hydrogen-bond acceptors (Lipinski definition) is 2. The second-order valence-electron chi connectivity index (χ2n) is 4.08. The highest BCUT2D eigenvalue weighted by Gasteiger charge is 2.14. The lowest BCUT2D eigenvalue weighted by atomic mass is 9.94. The third-order valence-corrected chi connectivity index (χ3v) is 2.94. The monoisotopic (exact) mass is 202 g/mol. The summed E-state index contributed by atoms with van der Waals surface area (Å²) in [6, 6.07) is 10.3. The van der Waals surface area contributed by atoms with E-state index >= 15 is 0 Å². The van der Waals surface area contributed by atoms with Crippen LogP contribution in [0.3, 0.4) is 0 Å². The van der Waals surface area contributed by atoms with Crippen molar-refractivity contribution >= 4 is 6.08 Å². The van der Waals surface area contributed by atoms with E-state index in [-0.39, 0.29) is 0 Å². The van der Waals surface area contributed by atoms with Gasteiger partial charge in [0.05, 0.1) is 0 Å². The maximum absolute atomic E-state index is 6.11. The van der Waals surface area contributed by atoms with Gasteiger partial charge in [0.15, 0.2) is 0 Å². The third kappa shape index (κ3) is 2.83. The maximum Gasteiger partial charge on any atom is 0.0119 e. The molecular formula is C13H18N2. The number of allylic oxidation sites excluding steroid dienone is 1. The smallest absolute Gasteiger partial charge is 0.0119 e. The van der Waals surface area contributed by atoms with E-state index in [1.165, 1.54) is 5.56 Å². The second-order valence-corrected chi connectivity index (χ2v) is 4.08. The summed E-state index contributed by atoms with van der Waals surface area (Å²) in [6.07, 6.45) is 4.43. The van der Waals surface area contributed by atoms with Crippen molar-refractivity contribution in [3.8, 4) is 0 Å². The highest BCUT2D eigenvalue weighted by molar-refractivity contribution is 5.52. The highest BCUT2D eigenvalue weighted by Crippen LogP contribution is 2.19. The third-order valence-electron chi connectivity index (χ3n) is 2.94. The molecule has 0 radical (unpaired) electrons. The summed E-state index contributed by atoms with van der Waals surface area (Å²) in [7, 11) is 0. The molecule has 3 N–H and O–H groups in total. The van der Waals surface area contributed by atoms with Gasteiger partial charge in [0, 0.05) is 11.6 Å². The standard InChI is InChI=1S/C13H18N2/c14-13(12-6-8-15-9-7-12)10-11-4-2-1-3-5-11/h1-5,10,12,15H,6-9,14H2. The normalized spacial score (nSPS) is 19.1. The number of benzene rings is 1. The van der Waals surface area contributed by atoms with Crippen LogP contribution in [0.4, 0.5) is 0 Å². The number of nitrogens with one attached hydrogen (secondary N) is 1. The Morgan fingerprint density at radius 1 is 1.20 bits per heavy atom. The zero-order valence-corrected chi connectivity index (χ0v) is 8.95. The van der Waals surface area contributed by atoms with Crippen LogP contribution < -0.4 is 11.1 Å². The van der Waals surface area contributed by atoms with Gasteiger partial charge in [0.2, 0.25) is 0 Å². The molecule has 1 saturated heterocycles. The summed E-state index contributed by atoms with van der Waals surface area (Å²) in [5.74, 6) is 0.562. The fraction of sp³-hybridized carbons (Fsp3) is 0.385. The summed E-state index contributed by atoms with van der Waals surface area (Å²) < 4.78 is 0. The molecule has 0 atom stereocenters. The van der Waals surface area contributed by atoms with Crippen LogP contribution in [-0.4, -0.2) is 13.1 Å². The molecule has 0 spiro atoms. The summed E-state index contributed by atoms with van der Waals surface area (Å²) in [4.78, 5) is 0. The van der Waals surface area contributed by atoms with Crippen molar-refractivity contribution in [3.63, 3.8) is 0 Å². The van der Waals surface area contributed by atoms with E-state index in [0.717, 1.165) is 31.6 Å². The summed E-state index contributed by atoms with van der Waals surface area (Å²) in [6.45, 7) is 2.18. The molecule has 0 saturated carbocycles. The molecule has 2 nitrogen and oxygen atoms in total. The zero-order valence-electron chi connectivity index (χ0n) is 8.95. The Morgan fingerprint density at radius 3 is 2.53 bits per heavy atom. The highest BCUT2D eigenvalue weighted by atomic mass is 14.9. The van der Waals surface area contributed by atoms with Crippen molar-refractivity contribution in [1.82, 2.24) is 5.32 Å². The van der Waals surface area contributed by atoms with Crippen LogP contribution in [0.15, 0.2) is 36.0 Å². The van der Waals surface area contributed by atoms with Gasteiger partial charge < -0.3 is 11.1 Å². The van der Waals surface area contributed by atoms with Crippen LogP contribution in [-0.2, 0) is 0 Å². The van der Waals surface area contributed by atoms with E-state index in [1.54, 1.807) is 0 Å². The van der Waals surface area contributed by atoms with E-state index in [2.05, 4.69) is 23.5 Å². The second kappa shape index (κ2) is 4.99. The van der Waals surface area contributed by atoms with Crippen LogP contribution in [0.25, 0.3) is 6.08 Å². The topological polar surface area (TPSA) is 38.0 Å². The van der Waals surface area contributed by atoms with Gasteiger partial charge in [-0.25, -0.2) is 0 Å². The summed E-state index contributed by atoms with van der Waals surface area (Å²) in [5, 5.41) is 3.35. The molecule has 2 heteroatoms. The van der Waals surface area contributed by atoms with Crippen molar-refractivity contribution in [2.75, 3.05) is 13.1 Å². The predicted octanol–water partition coefficient (Wildman–Crippen LogP) is 1.99. The molecule has 0 unspecified atom stereocenters. The Kier molecular flexibility index (Phi) is 3.41. The largest absolute Gasteiger partial charge is 0.402 e. The minimum absolute atomic E-state index is 0.562. The molecule has 80 valence electrons. The Hall–Kier alpha value is -1.28. The van der Waals surface area contributed by atoms with Crippen molar-refractivity contribution in [3.05, 3.63) is 41.6 Å². The van der Waals surface area contributed by atoms with E-state index < -0.39 is 0 Å². The number of rotatable bonds is 2. The lowest BCUT2D eigenvalue weighted by Crippen LogP contribution is -2.30. The van der Waals surface area contributed by atoms with E-state index in [0.29, 0.717) is 5.92 Å². The lowest BCUT2D eigenvalue weighted by molar-refractivity contribution is 0.419. The first-order valence-corrected chi connectivity index (χ1v) is 5.59. The van der Waals surface area contributed by atoms with Gasteiger partial charge in [0.1, 0.15) is 0 Å². The molecule has 1 aromatic carbocycles. The van der Waals surface area contributed by atoms with Gasteiger partial charge in [-0.05, 0) is 37.6 Å². The summed E-state index contributed by atoms with van der Waals surface area (Å²) in [5.41, 5.74) is 8.35. The van der Waals surface area contributed by atoms with Crippen molar-refractivity contribution in [2.24, 2.45) is 11.7 Å². The lowest BCUT2D eigenvalue weighted by Gasteiger charge is -2.23. The molecule has 1 aliphatic rings. The van der Waals surface area contributed by atoms with Crippen molar-refractivity contribution < 1.29 is 0 Å². The van der Waals surface area contributed by atoms with Crippen molar-refractivity contribution in [1.29, 1.82) is 0 Å². The van der Waals surface area contributed by atoms with Gasteiger partial charge in [-0.15, -0.1) is 0 Å². The molecular weight excluding hydrogens is 184 g/mol.